The van der Waals surface area contributed by atoms with Gasteiger partial charge < -0.3 is 11.1 Å². The molecule has 1 saturated heterocycles. The van der Waals surface area contributed by atoms with Crippen LogP contribution in [0.15, 0.2) is 29.0 Å². The maximum atomic E-state index is 9.01. The number of nitrogens with one attached hydrogen (secondary N) is 1. The molecule has 0 unspecified atom stereocenters. The molecule has 1 aromatic heterocycles. The van der Waals surface area contributed by atoms with Crippen molar-refractivity contribution in [2.24, 2.45) is 10.7 Å². The minimum absolute atomic E-state index is 0.564. The summed E-state index contributed by atoms with van der Waals surface area (Å²) in [6.07, 6.45) is 4.91. The van der Waals surface area contributed by atoms with E-state index in [1.165, 1.54) is 0 Å². The zero-order valence-corrected chi connectivity index (χ0v) is 12.2. The van der Waals surface area contributed by atoms with E-state index in [1.54, 1.807) is 24.7 Å². The first kappa shape index (κ1) is 15.2. The van der Waals surface area contributed by atoms with E-state index >= 15 is 0 Å². The maximum Gasteiger partial charge on any atom is 0.155 e. The fourth-order valence-corrected chi connectivity index (χ4v) is 2.18. The highest BCUT2D eigenvalue weighted by atomic mass is 15.2. The van der Waals surface area contributed by atoms with Crippen molar-refractivity contribution in [1.82, 2.24) is 15.2 Å². The Balaban J connectivity index is 2.06. The van der Waals surface area contributed by atoms with Crippen LogP contribution in [0.2, 0.25) is 0 Å². The van der Waals surface area contributed by atoms with Crippen molar-refractivity contribution < 1.29 is 0 Å². The number of rotatable bonds is 4. The lowest BCUT2D eigenvalue weighted by Crippen LogP contribution is -2.44. The van der Waals surface area contributed by atoms with E-state index < -0.39 is 0 Å². The zero-order chi connectivity index (χ0) is 15.1. The van der Waals surface area contributed by atoms with Gasteiger partial charge in [0.25, 0.3) is 0 Å². The van der Waals surface area contributed by atoms with Crippen molar-refractivity contribution >= 4 is 12.0 Å². The summed E-state index contributed by atoms with van der Waals surface area (Å²) in [6, 6.07) is 3.82. The highest BCUT2D eigenvalue weighted by Gasteiger charge is 2.10. The second-order valence-electron chi connectivity index (χ2n) is 4.94. The highest BCUT2D eigenvalue weighted by molar-refractivity contribution is 5.81. The largest absolute Gasteiger partial charge is 0.404 e. The number of hydrogen-bond acceptors (Lipinski definition) is 6. The predicted molar refractivity (Wildman–Crippen MR) is 83.4 cm³/mol. The number of aromatic nitrogens is 1. The number of nitrogens with zero attached hydrogens (tertiary/aromatic N) is 4. The quantitative estimate of drug-likeness (QED) is 0.795. The van der Waals surface area contributed by atoms with Crippen LogP contribution in [0.5, 0.6) is 0 Å². The third-order valence-corrected chi connectivity index (χ3v) is 3.48. The van der Waals surface area contributed by atoms with Crippen LogP contribution in [0.25, 0.3) is 0 Å². The van der Waals surface area contributed by atoms with Gasteiger partial charge in [0.1, 0.15) is 0 Å². The Morgan fingerprint density at radius 2 is 2.33 bits per heavy atom. The molecule has 0 aliphatic carbocycles. The van der Waals surface area contributed by atoms with E-state index in [0.717, 1.165) is 43.9 Å². The Labute approximate surface area is 125 Å². The normalized spacial score (nSPS) is 17.0. The van der Waals surface area contributed by atoms with Gasteiger partial charge in [-0.3, -0.25) is 4.90 Å². The van der Waals surface area contributed by atoms with Gasteiger partial charge in [-0.05, 0) is 24.8 Å². The molecule has 0 radical (unpaired) electrons. The molecule has 3 N–H and O–H groups in total. The first-order valence-electron chi connectivity index (χ1n) is 6.98. The molecule has 110 valence electrons. The van der Waals surface area contributed by atoms with Crippen LogP contribution in [0.3, 0.4) is 0 Å². The molecule has 0 bridgehead atoms. The van der Waals surface area contributed by atoms with Gasteiger partial charge >= 0.3 is 0 Å². The summed E-state index contributed by atoms with van der Waals surface area (Å²) in [7, 11) is 0. The summed E-state index contributed by atoms with van der Waals surface area (Å²) in [5, 5.41) is 12.3. The van der Waals surface area contributed by atoms with Crippen LogP contribution in [0.4, 0.5) is 5.82 Å². The molecule has 0 amide bonds. The van der Waals surface area contributed by atoms with Crippen molar-refractivity contribution in [2.45, 2.75) is 6.92 Å². The molecule has 2 rings (SSSR count). The van der Waals surface area contributed by atoms with Crippen molar-refractivity contribution in [2.75, 3.05) is 32.7 Å². The number of piperazine rings is 1. The van der Waals surface area contributed by atoms with Crippen LogP contribution in [-0.2, 0) is 0 Å². The van der Waals surface area contributed by atoms with Gasteiger partial charge in [0.05, 0.1) is 11.6 Å². The standard InChI is InChI=1S/C15H20N6/c1-12-14(9-17)2-3-19-15(12)20-10-13(8-16)11-21-6-4-18-5-7-21/h2-3,8,10,18H,4-7,11,16H2,1H3. The Kier molecular flexibility index (Phi) is 5.43. The van der Waals surface area contributed by atoms with Gasteiger partial charge in [0, 0.05) is 50.7 Å². The van der Waals surface area contributed by atoms with Crippen LogP contribution in [0, 0.1) is 18.3 Å². The molecule has 21 heavy (non-hydrogen) atoms. The first-order valence-corrected chi connectivity index (χ1v) is 6.98. The second-order valence-corrected chi connectivity index (χ2v) is 4.94. The van der Waals surface area contributed by atoms with E-state index in [4.69, 9.17) is 11.0 Å². The van der Waals surface area contributed by atoms with E-state index in [-0.39, 0.29) is 0 Å². The van der Waals surface area contributed by atoms with Gasteiger partial charge in [-0.15, -0.1) is 0 Å². The smallest absolute Gasteiger partial charge is 0.155 e. The molecule has 2 heterocycles. The van der Waals surface area contributed by atoms with Crippen LogP contribution in [0.1, 0.15) is 11.1 Å². The summed E-state index contributed by atoms with van der Waals surface area (Å²) in [4.78, 5) is 10.9. The Morgan fingerprint density at radius 3 is 3.00 bits per heavy atom. The molecule has 0 spiro atoms. The third kappa shape index (κ3) is 4.12. The Morgan fingerprint density at radius 1 is 1.57 bits per heavy atom. The van der Waals surface area contributed by atoms with E-state index in [1.807, 2.05) is 6.92 Å². The molecule has 6 nitrogen and oxygen atoms in total. The molecular formula is C15H20N6. The summed E-state index contributed by atoms with van der Waals surface area (Å²) in [5.41, 5.74) is 8.01. The molecular weight excluding hydrogens is 264 g/mol. The van der Waals surface area contributed by atoms with Crippen molar-refractivity contribution in [3.63, 3.8) is 0 Å². The lowest BCUT2D eigenvalue weighted by molar-refractivity contribution is 0.262. The fraction of sp³-hybridized carbons (Fsp3) is 0.400. The molecule has 1 aromatic rings. The Hall–Kier alpha value is -2.23. The van der Waals surface area contributed by atoms with Gasteiger partial charge in [-0.2, -0.15) is 5.26 Å². The van der Waals surface area contributed by atoms with Crippen LogP contribution < -0.4 is 11.1 Å². The van der Waals surface area contributed by atoms with Gasteiger partial charge in [0.2, 0.25) is 0 Å². The fourth-order valence-electron chi connectivity index (χ4n) is 2.18. The average molecular weight is 284 g/mol. The van der Waals surface area contributed by atoms with Crippen LogP contribution >= 0.6 is 0 Å². The minimum Gasteiger partial charge on any atom is -0.404 e. The molecule has 6 heteroatoms. The van der Waals surface area contributed by atoms with Gasteiger partial charge in [-0.1, -0.05) is 0 Å². The number of pyridine rings is 1. The number of hydrogen-bond donors (Lipinski definition) is 2. The van der Waals surface area contributed by atoms with E-state index in [2.05, 4.69) is 26.3 Å². The number of nitrogens with two attached hydrogens (primary N) is 1. The predicted octanol–water partition coefficient (Wildman–Crippen LogP) is 0.712. The summed E-state index contributed by atoms with van der Waals surface area (Å²) >= 11 is 0. The second kappa shape index (κ2) is 7.53. The number of nitriles is 1. The van der Waals surface area contributed by atoms with Crippen LogP contribution in [-0.4, -0.2) is 48.8 Å². The minimum atomic E-state index is 0.564. The number of aliphatic imine (C=N–C) groups is 1. The Bertz CT molecular complexity index is 578. The molecule has 1 fully saturated rings. The SMILES string of the molecule is Cc1c(C#N)ccnc1N=CC(=CN)CN1CCNCC1. The molecule has 0 saturated carbocycles. The third-order valence-electron chi connectivity index (χ3n) is 3.48. The van der Waals surface area contributed by atoms with Crippen molar-refractivity contribution in [3.8, 4) is 6.07 Å². The van der Waals surface area contributed by atoms with Crippen molar-refractivity contribution in [1.29, 1.82) is 5.26 Å². The van der Waals surface area contributed by atoms with E-state index in [9.17, 15) is 0 Å². The maximum absolute atomic E-state index is 9.01. The topological polar surface area (TPSA) is 90.3 Å². The highest BCUT2D eigenvalue weighted by Crippen LogP contribution is 2.17. The summed E-state index contributed by atoms with van der Waals surface area (Å²) in [6.45, 7) is 6.64. The zero-order valence-electron chi connectivity index (χ0n) is 12.2. The van der Waals surface area contributed by atoms with E-state index in [0.29, 0.717) is 11.4 Å². The molecule has 1 aliphatic rings. The molecule has 0 atom stereocenters. The first-order chi connectivity index (χ1) is 10.2. The lowest BCUT2D eigenvalue weighted by atomic mass is 10.1. The van der Waals surface area contributed by atoms with Gasteiger partial charge in [-0.25, -0.2) is 9.98 Å². The monoisotopic (exact) mass is 284 g/mol. The average Bonchev–Trinajstić information content (AvgIpc) is 2.53. The van der Waals surface area contributed by atoms with Crippen molar-refractivity contribution in [3.05, 3.63) is 35.2 Å². The van der Waals surface area contributed by atoms with Gasteiger partial charge in [0.15, 0.2) is 5.82 Å². The molecule has 0 aromatic carbocycles. The summed E-state index contributed by atoms with van der Waals surface area (Å²) < 4.78 is 0. The summed E-state index contributed by atoms with van der Waals surface area (Å²) in [5.74, 6) is 0.564. The molecule has 1 aliphatic heterocycles. The lowest BCUT2D eigenvalue weighted by Gasteiger charge is -2.27.